The summed E-state index contributed by atoms with van der Waals surface area (Å²) in [6, 6.07) is 8.59. The number of amides is 1. The number of aryl methyl sites for hydroxylation is 2. The fourth-order valence-corrected chi connectivity index (χ4v) is 6.05. The van der Waals surface area contributed by atoms with Crippen molar-refractivity contribution in [3.05, 3.63) is 51.2 Å². The summed E-state index contributed by atoms with van der Waals surface area (Å²) >= 11 is 1.58. The first kappa shape index (κ1) is 20.0. The Morgan fingerprint density at radius 3 is 2.44 bits per heavy atom. The quantitative estimate of drug-likeness (QED) is 0.761. The maximum atomic E-state index is 12.6. The molecule has 1 aromatic carbocycles. The zero-order valence-corrected chi connectivity index (χ0v) is 17.6. The average molecular weight is 407 g/mol. The number of carbonyl (C=O) groups excluding carboxylic acids is 1. The molecule has 1 atom stereocenters. The lowest BCUT2D eigenvalue weighted by Crippen LogP contribution is -2.30. The van der Waals surface area contributed by atoms with E-state index in [1.807, 2.05) is 26.8 Å². The minimum absolute atomic E-state index is 0.0678. The van der Waals surface area contributed by atoms with E-state index in [2.05, 4.69) is 5.32 Å². The predicted molar refractivity (Wildman–Crippen MR) is 109 cm³/mol. The molecule has 0 fully saturated rings. The van der Waals surface area contributed by atoms with E-state index < -0.39 is 10.0 Å². The number of carbonyl (C=O) groups is 1. The zero-order valence-electron chi connectivity index (χ0n) is 16.0. The maximum Gasteiger partial charge on any atom is 0.261 e. The number of nitrogens with one attached hydrogen (secondary N) is 1. The van der Waals surface area contributed by atoms with Crippen molar-refractivity contribution >= 4 is 27.3 Å². The fourth-order valence-electron chi connectivity index (χ4n) is 3.43. The molecule has 1 heterocycles. The summed E-state index contributed by atoms with van der Waals surface area (Å²) < 4.78 is 26.6. The van der Waals surface area contributed by atoms with Gasteiger partial charge in [0.25, 0.3) is 5.91 Å². The fraction of sp³-hybridized carbons (Fsp3) is 0.450. The Hall–Kier alpha value is -1.70. The molecule has 1 aliphatic rings. The summed E-state index contributed by atoms with van der Waals surface area (Å²) in [5.74, 6) is -0.0678. The van der Waals surface area contributed by atoms with Crippen molar-refractivity contribution in [3.63, 3.8) is 0 Å². The minimum atomic E-state index is -3.46. The average Bonchev–Trinajstić information content (AvgIpc) is 3.24. The highest BCUT2D eigenvalue weighted by Gasteiger charge is 2.22. The molecule has 146 valence electrons. The number of hydrogen-bond acceptors (Lipinski definition) is 4. The smallest absolute Gasteiger partial charge is 0.261 e. The Bertz CT molecular complexity index is 892. The molecule has 2 aromatic rings. The molecule has 0 saturated heterocycles. The molecule has 3 rings (SSSR count). The van der Waals surface area contributed by atoms with Crippen LogP contribution in [0.25, 0.3) is 0 Å². The van der Waals surface area contributed by atoms with Crippen molar-refractivity contribution in [1.29, 1.82) is 0 Å². The summed E-state index contributed by atoms with van der Waals surface area (Å²) in [7, 11) is -3.46. The second-order valence-corrected chi connectivity index (χ2v) is 9.84. The van der Waals surface area contributed by atoms with Crippen molar-refractivity contribution in [1.82, 2.24) is 9.62 Å². The first-order chi connectivity index (χ1) is 12.9. The van der Waals surface area contributed by atoms with Gasteiger partial charge in [0.2, 0.25) is 10.0 Å². The van der Waals surface area contributed by atoms with Gasteiger partial charge in [0.15, 0.2) is 0 Å². The highest BCUT2D eigenvalue weighted by molar-refractivity contribution is 7.89. The van der Waals surface area contributed by atoms with Crippen LogP contribution >= 0.6 is 11.3 Å². The lowest BCUT2D eigenvalue weighted by Gasteiger charge is -2.19. The standard InChI is InChI=1S/C20H26N2O3S2/c1-4-22(5-2)27(24,25)17-11-9-15(10-12-17)14(3)21-20(23)19-13-16-7-6-8-18(16)26-19/h9-14H,4-8H2,1-3H3,(H,21,23)/t14-/m0/s1. The number of sulfonamides is 1. The second-order valence-electron chi connectivity index (χ2n) is 6.77. The van der Waals surface area contributed by atoms with Crippen LogP contribution in [0.4, 0.5) is 0 Å². The molecule has 7 heteroatoms. The van der Waals surface area contributed by atoms with Crippen molar-refractivity contribution in [3.8, 4) is 0 Å². The van der Waals surface area contributed by atoms with Crippen LogP contribution in [0.15, 0.2) is 35.2 Å². The summed E-state index contributed by atoms with van der Waals surface area (Å²) in [6.45, 7) is 6.45. The maximum absolute atomic E-state index is 12.6. The van der Waals surface area contributed by atoms with Gasteiger partial charge in [-0.05, 0) is 55.5 Å². The van der Waals surface area contributed by atoms with Crippen LogP contribution in [-0.4, -0.2) is 31.7 Å². The van der Waals surface area contributed by atoms with Crippen molar-refractivity contribution in [2.45, 2.75) is 51.0 Å². The summed E-state index contributed by atoms with van der Waals surface area (Å²) in [5, 5.41) is 3.02. The number of benzene rings is 1. The van der Waals surface area contributed by atoms with Gasteiger partial charge in [0.05, 0.1) is 15.8 Å². The van der Waals surface area contributed by atoms with E-state index in [1.165, 1.54) is 21.2 Å². The van der Waals surface area contributed by atoms with Crippen LogP contribution in [0.3, 0.4) is 0 Å². The molecule has 1 aliphatic carbocycles. The summed E-state index contributed by atoms with van der Waals surface area (Å²) in [5.41, 5.74) is 2.19. The van der Waals surface area contributed by atoms with Crippen LogP contribution in [-0.2, 0) is 22.9 Å². The van der Waals surface area contributed by atoms with Gasteiger partial charge >= 0.3 is 0 Å². The SMILES string of the molecule is CCN(CC)S(=O)(=O)c1ccc([C@H](C)NC(=O)c2cc3c(s2)CCC3)cc1. The van der Waals surface area contributed by atoms with Gasteiger partial charge in [0.1, 0.15) is 0 Å². The van der Waals surface area contributed by atoms with Gasteiger partial charge in [0, 0.05) is 18.0 Å². The lowest BCUT2D eigenvalue weighted by atomic mass is 10.1. The monoisotopic (exact) mass is 406 g/mol. The van der Waals surface area contributed by atoms with Crippen molar-refractivity contribution < 1.29 is 13.2 Å². The Kier molecular flexibility index (Phi) is 6.03. The highest BCUT2D eigenvalue weighted by Crippen LogP contribution is 2.31. The molecule has 0 bridgehead atoms. The van der Waals surface area contributed by atoms with Crippen molar-refractivity contribution in [2.75, 3.05) is 13.1 Å². The first-order valence-corrected chi connectivity index (χ1v) is 11.6. The topological polar surface area (TPSA) is 66.5 Å². The molecule has 27 heavy (non-hydrogen) atoms. The number of nitrogens with zero attached hydrogens (tertiary/aromatic N) is 1. The Balaban J connectivity index is 1.70. The molecule has 0 saturated carbocycles. The van der Waals surface area contributed by atoms with Crippen LogP contribution in [0.5, 0.6) is 0 Å². The van der Waals surface area contributed by atoms with Crippen LogP contribution < -0.4 is 5.32 Å². The molecule has 0 radical (unpaired) electrons. The third-order valence-corrected chi connectivity index (χ3v) is 8.34. The van der Waals surface area contributed by atoms with Gasteiger partial charge in [-0.3, -0.25) is 4.79 Å². The van der Waals surface area contributed by atoms with E-state index >= 15 is 0 Å². The van der Waals surface area contributed by atoms with E-state index in [4.69, 9.17) is 0 Å². The van der Waals surface area contributed by atoms with Gasteiger partial charge in [-0.25, -0.2) is 8.42 Å². The third-order valence-electron chi connectivity index (χ3n) is 5.04. The Morgan fingerprint density at radius 1 is 1.19 bits per heavy atom. The number of thiophene rings is 1. The molecule has 0 unspecified atom stereocenters. The Labute approximate surface area is 165 Å². The highest BCUT2D eigenvalue weighted by atomic mass is 32.2. The zero-order chi connectivity index (χ0) is 19.6. The van der Waals surface area contributed by atoms with E-state index in [9.17, 15) is 13.2 Å². The Morgan fingerprint density at radius 2 is 1.85 bits per heavy atom. The van der Waals surface area contributed by atoms with Crippen LogP contribution in [0.2, 0.25) is 0 Å². The number of fused-ring (bicyclic) bond motifs is 1. The minimum Gasteiger partial charge on any atom is -0.345 e. The van der Waals surface area contributed by atoms with Gasteiger partial charge in [-0.2, -0.15) is 4.31 Å². The molecule has 0 spiro atoms. The van der Waals surface area contributed by atoms with Crippen molar-refractivity contribution in [2.24, 2.45) is 0 Å². The van der Waals surface area contributed by atoms with E-state index in [0.29, 0.717) is 13.1 Å². The number of hydrogen-bond donors (Lipinski definition) is 1. The molecular formula is C20H26N2O3S2. The second kappa shape index (κ2) is 8.12. The van der Waals surface area contributed by atoms with Crippen LogP contribution in [0.1, 0.15) is 58.9 Å². The van der Waals surface area contributed by atoms with Gasteiger partial charge in [-0.1, -0.05) is 26.0 Å². The summed E-state index contributed by atoms with van der Waals surface area (Å²) in [4.78, 5) is 14.9. The normalized spacial score (nSPS) is 15.0. The molecule has 5 nitrogen and oxygen atoms in total. The molecule has 1 aromatic heterocycles. The third kappa shape index (κ3) is 4.10. The molecule has 1 N–H and O–H groups in total. The van der Waals surface area contributed by atoms with E-state index in [0.717, 1.165) is 23.3 Å². The van der Waals surface area contributed by atoms with Gasteiger partial charge < -0.3 is 5.32 Å². The molecule has 0 aliphatic heterocycles. The molecule has 1 amide bonds. The predicted octanol–water partition coefficient (Wildman–Crippen LogP) is 3.76. The largest absolute Gasteiger partial charge is 0.345 e. The first-order valence-electron chi connectivity index (χ1n) is 9.39. The van der Waals surface area contributed by atoms with E-state index in [-0.39, 0.29) is 16.8 Å². The molecular weight excluding hydrogens is 380 g/mol. The van der Waals surface area contributed by atoms with Crippen LogP contribution in [0, 0.1) is 0 Å². The van der Waals surface area contributed by atoms with E-state index in [1.54, 1.807) is 35.6 Å². The van der Waals surface area contributed by atoms with Gasteiger partial charge in [-0.15, -0.1) is 11.3 Å². The number of rotatable bonds is 7. The lowest BCUT2D eigenvalue weighted by molar-refractivity contribution is 0.0944. The summed E-state index contributed by atoms with van der Waals surface area (Å²) in [6.07, 6.45) is 3.32.